The number of aliphatic hydroxyl groups excluding tert-OH is 2. The summed E-state index contributed by atoms with van der Waals surface area (Å²) in [5.41, 5.74) is 5.32. The Hall–Kier alpha value is -6.29. The van der Waals surface area contributed by atoms with E-state index in [1.807, 2.05) is 109 Å². The van der Waals surface area contributed by atoms with E-state index in [4.69, 9.17) is 43.2 Å². The number of hydrogen-bond donors (Lipinski definition) is 2. The topological polar surface area (TPSA) is 147 Å². The number of unbranched alkanes of at least 4 members (excludes halogenated alkanes) is 2. The van der Waals surface area contributed by atoms with E-state index < -0.39 is 23.8 Å². The van der Waals surface area contributed by atoms with Crippen molar-refractivity contribution in [3.05, 3.63) is 174 Å². The lowest BCUT2D eigenvalue weighted by atomic mass is 9.55. The van der Waals surface area contributed by atoms with Crippen LogP contribution in [0.1, 0.15) is 73.1 Å². The SMILES string of the molecule is C=CCOC12Oc3ccc(OCCSc4ccccc4)cc3C3C(CCCCO)C(CCCCO)C=C(C(=NOCc4ccccc4)CC1N(Cc1ccc4c(c1)OCO4)C(=O)OCCOCc1ccccc1)C32. The first-order valence-electron chi connectivity index (χ1n) is 26.0. The summed E-state index contributed by atoms with van der Waals surface area (Å²) in [6.07, 6.45) is 8.16. The molecule has 9 rings (SSSR count). The van der Waals surface area contributed by atoms with E-state index in [-0.39, 0.29) is 77.2 Å². The Morgan fingerprint density at radius 1 is 0.784 bits per heavy atom. The summed E-state index contributed by atoms with van der Waals surface area (Å²) >= 11 is 1.74. The molecule has 1 saturated carbocycles. The van der Waals surface area contributed by atoms with Gasteiger partial charge in [0.05, 0.1) is 38.1 Å². The van der Waals surface area contributed by atoms with E-state index >= 15 is 4.79 Å². The Labute approximate surface area is 439 Å². The number of amides is 1. The molecule has 13 nitrogen and oxygen atoms in total. The molecule has 1 amide bonds. The van der Waals surface area contributed by atoms with E-state index in [0.717, 1.165) is 65.0 Å². The smallest absolute Gasteiger partial charge is 0.410 e. The number of thioether (sulfide) groups is 1. The Morgan fingerprint density at radius 2 is 1.50 bits per heavy atom. The molecule has 0 bridgehead atoms. The van der Waals surface area contributed by atoms with Crippen molar-refractivity contribution >= 4 is 23.6 Å². The Balaban J connectivity index is 1.15. The molecule has 5 aromatic rings. The van der Waals surface area contributed by atoms with E-state index in [9.17, 15) is 10.2 Å². The van der Waals surface area contributed by atoms with Gasteiger partial charge in [0, 0.05) is 48.3 Å². The highest BCUT2D eigenvalue weighted by Gasteiger charge is 2.65. The van der Waals surface area contributed by atoms with Crippen LogP contribution in [0, 0.1) is 17.8 Å². The first-order valence-corrected chi connectivity index (χ1v) is 26.9. The predicted octanol–water partition coefficient (Wildman–Crippen LogP) is 11.3. The lowest BCUT2D eigenvalue weighted by Gasteiger charge is -2.59. The Bertz CT molecular complexity index is 2650. The quantitative estimate of drug-likeness (QED) is 0.0223. The van der Waals surface area contributed by atoms with E-state index in [0.29, 0.717) is 49.0 Å². The zero-order valence-corrected chi connectivity index (χ0v) is 42.8. The van der Waals surface area contributed by atoms with Crippen LogP contribution < -0.4 is 18.9 Å². The molecule has 4 aliphatic rings. The van der Waals surface area contributed by atoms with E-state index in [2.05, 4.69) is 30.9 Å². The molecule has 0 aromatic heterocycles. The second kappa shape index (κ2) is 26.3. The average Bonchev–Trinajstić information content (AvgIpc) is 3.94. The first-order chi connectivity index (χ1) is 36.5. The number of fused-ring (bicyclic) bond motifs is 3. The molecule has 2 N–H and O–H groups in total. The number of carbonyl (C=O) groups excluding carboxylic acids is 1. The third-order valence-electron chi connectivity index (χ3n) is 14.2. The van der Waals surface area contributed by atoms with Gasteiger partial charge in [-0.3, -0.25) is 4.90 Å². The molecule has 1 fully saturated rings. The molecule has 390 valence electrons. The zero-order chi connectivity index (χ0) is 51.0. The molecule has 2 aliphatic heterocycles. The van der Waals surface area contributed by atoms with Gasteiger partial charge in [-0.25, -0.2) is 4.79 Å². The molecule has 0 spiro atoms. The van der Waals surface area contributed by atoms with Crippen molar-refractivity contribution in [1.82, 2.24) is 4.90 Å². The fourth-order valence-corrected chi connectivity index (χ4v) is 11.7. The molecule has 5 aromatic carbocycles. The van der Waals surface area contributed by atoms with E-state index in [1.165, 1.54) is 4.90 Å². The molecule has 2 heterocycles. The summed E-state index contributed by atoms with van der Waals surface area (Å²) in [4.78, 5) is 24.4. The van der Waals surface area contributed by atoms with Gasteiger partial charge in [-0.15, -0.1) is 18.3 Å². The van der Waals surface area contributed by atoms with Crippen LogP contribution in [0.4, 0.5) is 4.79 Å². The number of benzene rings is 5. The highest BCUT2D eigenvalue weighted by atomic mass is 32.2. The normalized spacial score (nSPS) is 21.7. The monoisotopic (exact) mass is 1020 g/mol. The van der Waals surface area contributed by atoms with Crippen molar-refractivity contribution in [2.75, 3.05) is 52.2 Å². The summed E-state index contributed by atoms with van der Waals surface area (Å²) in [5, 5.41) is 25.2. The van der Waals surface area contributed by atoms with Crippen LogP contribution in [0.25, 0.3) is 0 Å². The molecular weight excluding hydrogens is 957 g/mol. The van der Waals surface area contributed by atoms with Crippen LogP contribution >= 0.6 is 11.8 Å². The molecular formula is C60H68N2O11S. The van der Waals surface area contributed by atoms with Crippen LogP contribution in [-0.4, -0.2) is 90.9 Å². The fourth-order valence-electron chi connectivity index (χ4n) is 10.9. The fraction of sp³-hybridized carbons (Fsp3) is 0.400. The molecule has 2 aliphatic carbocycles. The average molecular weight is 1030 g/mol. The van der Waals surface area contributed by atoms with Gasteiger partial charge in [0.15, 0.2) is 11.5 Å². The maximum absolute atomic E-state index is 15.2. The summed E-state index contributed by atoms with van der Waals surface area (Å²) in [6, 6.07) is 40.9. The van der Waals surface area contributed by atoms with Crippen molar-refractivity contribution in [1.29, 1.82) is 0 Å². The van der Waals surface area contributed by atoms with Crippen molar-refractivity contribution in [2.45, 2.75) is 87.3 Å². The van der Waals surface area contributed by atoms with Crippen molar-refractivity contribution < 1.29 is 53.0 Å². The maximum atomic E-state index is 15.2. The standard InChI is InChI=1S/C60H68N2O11S/c1-2-30-71-60-56(62(39-45-24-26-54-55(35-45)70-42-69-54)59(65)68-32-31-66-40-43-16-6-3-7-17-43)38-52(61-72-41-44-18-8-4-9-19-44)50-36-46(20-12-14-28-63)49(23-13-15-29-64)57(58(50)60)51-37-47(25-27-53(51)73-60)67-33-34-74-48-21-10-5-11-22-48/h2-11,16-19,21-22,24-27,35-37,46,49,56-58,63-64H,1,12-15,20,23,28-34,38-42H2. The minimum atomic E-state index is -1.52. The Kier molecular flexibility index (Phi) is 18.7. The maximum Gasteiger partial charge on any atom is 0.410 e. The highest BCUT2D eigenvalue weighted by Crippen LogP contribution is 2.62. The summed E-state index contributed by atoms with van der Waals surface area (Å²) in [7, 11) is 0. The van der Waals surface area contributed by atoms with Crippen molar-refractivity contribution in [3.8, 4) is 23.0 Å². The number of oxime groups is 1. The molecule has 0 saturated heterocycles. The van der Waals surface area contributed by atoms with Crippen LogP contribution in [0.3, 0.4) is 0 Å². The molecule has 6 unspecified atom stereocenters. The molecule has 74 heavy (non-hydrogen) atoms. The third-order valence-corrected chi connectivity index (χ3v) is 15.2. The van der Waals surface area contributed by atoms with Crippen molar-refractivity contribution in [2.24, 2.45) is 22.9 Å². The highest BCUT2D eigenvalue weighted by molar-refractivity contribution is 7.99. The minimum absolute atomic E-state index is 0.00630. The number of allylic oxidation sites excluding steroid dienone is 1. The summed E-state index contributed by atoms with van der Waals surface area (Å²) < 4.78 is 45.0. The number of nitrogens with zero attached hydrogens (tertiary/aromatic N) is 2. The predicted molar refractivity (Wildman–Crippen MR) is 284 cm³/mol. The number of ether oxygens (including phenoxy) is 7. The minimum Gasteiger partial charge on any atom is -0.493 e. The van der Waals surface area contributed by atoms with Gasteiger partial charge in [-0.1, -0.05) is 115 Å². The number of rotatable bonds is 27. The molecule has 0 radical (unpaired) electrons. The summed E-state index contributed by atoms with van der Waals surface area (Å²) in [5.74, 6) is 1.07. The van der Waals surface area contributed by atoms with Crippen LogP contribution in [0.2, 0.25) is 0 Å². The third kappa shape index (κ3) is 12.8. The van der Waals surface area contributed by atoms with Gasteiger partial charge in [0.1, 0.15) is 30.8 Å². The first kappa shape index (κ1) is 52.6. The lowest BCUT2D eigenvalue weighted by Crippen LogP contribution is -2.70. The molecule has 6 atom stereocenters. The van der Waals surface area contributed by atoms with Gasteiger partial charge in [-0.05, 0) is 102 Å². The van der Waals surface area contributed by atoms with E-state index in [1.54, 1.807) is 22.7 Å². The zero-order valence-electron chi connectivity index (χ0n) is 42.0. The van der Waals surface area contributed by atoms with Crippen molar-refractivity contribution in [3.63, 3.8) is 0 Å². The lowest BCUT2D eigenvalue weighted by molar-refractivity contribution is -0.256. The number of hydrogen-bond acceptors (Lipinski definition) is 13. The van der Waals surface area contributed by atoms with Crippen LogP contribution in [0.15, 0.2) is 162 Å². The number of aliphatic hydroxyl groups is 2. The van der Waals surface area contributed by atoms with Crippen LogP contribution in [0.5, 0.6) is 23.0 Å². The largest absolute Gasteiger partial charge is 0.493 e. The van der Waals surface area contributed by atoms with Gasteiger partial charge < -0.3 is 48.2 Å². The second-order valence-electron chi connectivity index (χ2n) is 19.0. The van der Waals surface area contributed by atoms with Gasteiger partial charge in [0.2, 0.25) is 12.6 Å². The second-order valence-corrected chi connectivity index (χ2v) is 20.2. The van der Waals surface area contributed by atoms with Gasteiger partial charge in [0.25, 0.3) is 0 Å². The summed E-state index contributed by atoms with van der Waals surface area (Å²) in [6.45, 7) is 5.83. The molecule has 14 heteroatoms. The van der Waals surface area contributed by atoms with Gasteiger partial charge >= 0.3 is 6.09 Å². The van der Waals surface area contributed by atoms with Gasteiger partial charge in [-0.2, -0.15) is 0 Å². The van der Waals surface area contributed by atoms with Crippen LogP contribution in [-0.2, 0) is 38.8 Å². The number of carbonyl (C=O) groups is 1. The Morgan fingerprint density at radius 3 is 2.26 bits per heavy atom.